The van der Waals surface area contributed by atoms with Crippen molar-refractivity contribution in [2.45, 2.75) is 45.8 Å². The zero-order valence-corrected chi connectivity index (χ0v) is 16.6. The fourth-order valence-electron chi connectivity index (χ4n) is 2.77. The first-order chi connectivity index (χ1) is 12.3. The molecule has 0 aliphatic rings. The first-order valence-electron chi connectivity index (χ1n) is 8.87. The van der Waals surface area contributed by atoms with E-state index in [1.807, 2.05) is 25.1 Å². The average molecular weight is 367 g/mol. The van der Waals surface area contributed by atoms with E-state index in [1.165, 1.54) is 5.56 Å². The lowest BCUT2D eigenvalue weighted by Gasteiger charge is -2.23. The van der Waals surface area contributed by atoms with Crippen LogP contribution >= 0.6 is 11.3 Å². The quantitative estimate of drug-likeness (QED) is 0.629. The summed E-state index contributed by atoms with van der Waals surface area (Å²) in [5, 5.41) is 3.03. The van der Waals surface area contributed by atoms with E-state index in [0.29, 0.717) is 6.61 Å². The summed E-state index contributed by atoms with van der Waals surface area (Å²) >= 11 is 1.61. The Kier molecular flexibility index (Phi) is 5.44. The number of benzene rings is 2. The van der Waals surface area contributed by atoms with Gasteiger partial charge in [-0.05, 0) is 36.1 Å². The molecular formula is C22H26N2OS. The Morgan fingerprint density at radius 2 is 1.85 bits per heavy atom. The lowest BCUT2D eigenvalue weighted by Crippen LogP contribution is -2.13. The van der Waals surface area contributed by atoms with Gasteiger partial charge in [-0.2, -0.15) is 0 Å². The third kappa shape index (κ3) is 4.32. The fourth-order valence-corrected chi connectivity index (χ4v) is 3.55. The number of nitrogens with zero attached hydrogens (tertiary/aromatic N) is 1. The molecule has 0 aliphatic heterocycles. The Balaban J connectivity index is 1.90. The van der Waals surface area contributed by atoms with Gasteiger partial charge in [0, 0.05) is 16.5 Å². The summed E-state index contributed by atoms with van der Waals surface area (Å²) < 4.78 is 6.15. The number of nitrogens with two attached hydrogens (primary N) is 1. The van der Waals surface area contributed by atoms with Crippen LogP contribution in [-0.4, -0.2) is 4.98 Å². The SMILES string of the molecule is CC(N)c1nc(-c2ccc(OCc3ccccc3)c(C(C)(C)C)c2)cs1. The zero-order chi connectivity index (χ0) is 18.7. The third-order valence-electron chi connectivity index (χ3n) is 4.23. The Morgan fingerprint density at radius 1 is 1.12 bits per heavy atom. The minimum absolute atomic E-state index is 0.0258. The van der Waals surface area contributed by atoms with Crippen molar-refractivity contribution in [1.29, 1.82) is 0 Å². The van der Waals surface area contributed by atoms with Gasteiger partial charge in [0.1, 0.15) is 17.4 Å². The number of rotatable bonds is 5. The Labute approximate surface area is 159 Å². The highest BCUT2D eigenvalue weighted by molar-refractivity contribution is 7.10. The van der Waals surface area contributed by atoms with Gasteiger partial charge in [-0.1, -0.05) is 51.1 Å². The van der Waals surface area contributed by atoms with Crippen molar-refractivity contribution >= 4 is 11.3 Å². The molecule has 4 heteroatoms. The van der Waals surface area contributed by atoms with Crippen molar-refractivity contribution in [3.8, 4) is 17.0 Å². The van der Waals surface area contributed by atoms with E-state index in [9.17, 15) is 0 Å². The Bertz CT molecular complexity index is 863. The third-order valence-corrected chi connectivity index (χ3v) is 5.28. The number of hydrogen-bond acceptors (Lipinski definition) is 4. The maximum atomic E-state index is 6.15. The number of ether oxygens (including phenoxy) is 1. The fraction of sp³-hybridized carbons (Fsp3) is 0.318. The molecule has 0 amide bonds. The molecule has 136 valence electrons. The predicted molar refractivity (Wildman–Crippen MR) is 110 cm³/mol. The first kappa shape index (κ1) is 18.6. The molecule has 1 aromatic heterocycles. The molecular weight excluding hydrogens is 340 g/mol. The van der Waals surface area contributed by atoms with Crippen molar-refractivity contribution in [1.82, 2.24) is 4.98 Å². The second-order valence-electron chi connectivity index (χ2n) is 7.59. The van der Waals surface area contributed by atoms with Crippen molar-refractivity contribution < 1.29 is 4.74 Å². The normalized spacial score (nSPS) is 12.8. The van der Waals surface area contributed by atoms with Gasteiger partial charge in [0.2, 0.25) is 0 Å². The molecule has 0 saturated carbocycles. The molecule has 1 atom stereocenters. The van der Waals surface area contributed by atoms with Gasteiger partial charge in [0.15, 0.2) is 0 Å². The molecule has 3 aromatic rings. The van der Waals surface area contributed by atoms with Crippen LogP contribution in [0.1, 0.15) is 49.9 Å². The van der Waals surface area contributed by atoms with E-state index in [2.05, 4.69) is 61.5 Å². The maximum Gasteiger partial charge on any atom is 0.123 e. The number of hydrogen-bond donors (Lipinski definition) is 1. The van der Waals surface area contributed by atoms with Gasteiger partial charge < -0.3 is 10.5 Å². The smallest absolute Gasteiger partial charge is 0.123 e. The van der Waals surface area contributed by atoms with Crippen molar-refractivity contribution in [3.05, 3.63) is 70.0 Å². The van der Waals surface area contributed by atoms with Crippen LogP contribution in [0.4, 0.5) is 0 Å². The lowest BCUT2D eigenvalue weighted by atomic mass is 9.85. The largest absolute Gasteiger partial charge is 0.489 e. The van der Waals surface area contributed by atoms with Crippen molar-refractivity contribution in [2.75, 3.05) is 0 Å². The molecule has 2 aromatic carbocycles. The van der Waals surface area contributed by atoms with E-state index in [4.69, 9.17) is 10.5 Å². The molecule has 1 heterocycles. The van der Waals surface area contributed by atoms with Gasteiger partial charge in [-0.15, -0.1) is 11.3 Å². The first-order valence-corrected chi connectivity index (χ1v) is 9.75. The average Bonchev–Trinajstić information content (AvgIpc) is 3.10. The standard InChI is InChI=1S/C22H26N2OS/c1-15(23)21-24-19(14-26-21)17-10-11-20(18(12-17)22(2,3)4)25-13-16-8-6-5-7-9-16/h5-12,14-15H,13,23H2,1-4H3. The van der Waals surface area contributed by atoms with E-state index >= 15 is 0 Å². The topological polar surface area (TPSA) is 48.1 Å². The van der Waals surface area contributed by atoms with E-state index < -0.39 is 0 Å². The highest BCUT2D eigenvalue weighted by Gasteiger charge is 2.21. The summed E-state index contributed by atoms with van der Waals surface area (Å²) in [6.45, 7) is 9.14. The van der Waals surface area contributed by atoms with Crippen LogP contribution in [0.2, 0.25) is 0 Å². The monoisotopic (exact) mass is 366 g/mol. The summed E-state index contributed by atoms with van der Waals surface area (Å²) in [6, 6.07) is 16.5. The molecule has 1 unspecified atom stereocenters. The Hall–Kier alpha value is -2.17. The molecule has 0 radical (unpaired) electrons. The predicted octanol–water partition coefficient (Wildman–Crippen LogP) is 5.71. The van der Waals surface area contributed by atoms with Crippen LogP contribution in [-0.2, 0) is 12.0 Å². The minimum Gasteiger partial charge on any atom is -0.489 e. The molecule has 0 bridgehead atoms. The van der Waals surface area contributed by atoms with Crippen molar-refractivity contribution in [2.24, 2.45) is 5.73 Å². The zero-order valence-electron chi connectivity index (χ0n) is 15.8. The molecule has 0 saturated heterocycles. The second-order valence-corrected chi connectivity index (χ2v) is 8.48. The van der Waals surface area contributed by atoms with Gasteiger partial charge in [0.25, 0.3) is 0 Å². The molecule has 3 rings (SSSR count). The van der Waals surface area contributed by atoms with Crippen LogP contribution in [0, 0.1) is 0 Å². The van der Waals surface area contributed by atoms with E-state index in [1.54, 1.807) is 11.3 Å². The summed E-state index contributed by atoms with van der Waals surface area (Å²) in [5.74, 6) is 0.924. The van der Waals surface area contributed by atoms with Crippen molar-refractivity contribution in [3.63, 3.8) is 0 Å². The maximum absolute atomic E-state index is 6.15. The Morgan fingerprint density at radius 3 is 2.46 bits per heavy atom. The van der Waals surface area contributed by atoms with Gasteiger partial charge >= 0.3 is 0 Å². The van der Waals surface area contributed by atoms with Crippen LogP contribution in [0.5, 0.6) is 5.75 Å². The molecule has 2 N–H and O–H groups in total. The highest BCUT2D eigenvalue weighted by atomic mass is 32.1. The second kappa shape index (κ2) is 7.60. The molecule has 0 spiro atoms. The summed E-state index contributed by atoms with van der Waals surface area (Å²) in [6.07, 6.45) is 0. The highest BCUT2D eigenvalue weighted by Crippen LogP contribution is 2.36. The van der Waals surface area contributed by atoms with Gasteiger partial charge in [0.05, 0.1) is 11.7 Å². The van der Waals surface area contributed by atoms with E-state index in [-0.39, 0.29) is 11.5 Å². The lowest BCUT2D eigenvalue weighted by molar-refractivity contribution is 0.297. The molecule has 3 nitrogen and oxygen atoms in total. The summed E-state index contributed by atoms with van der Waals surface area (Å²) in [5.41, 5.74) is 10.3. The summed E-state index contributed by atoms with van der Waals surface area (Å²) in [4.78, 5) is 4.68. The minimum atomic E-state index is -0.0377. The van der Waals surface area contributed by atoms with Crippen LogP contribution in [0.3, 0.4) is 0 Å². The van der Waals surface area contributed by atoms with Crippen LogP contribution < -0.4 is 10.5 Å². The summed E-state index contributed by atoms with van der Waals surface area (Å²) in [7, 11) is 0. The van der Waals surface area contributed by atoms with E-state index in [0.717, 1.165) is 27.6 Å². The number of thiazole rings is 1. The van der Waals surface area contributed by atoms with Crippen LogP contribution in [0.15, 0.2) is 53.9 Å². The van der Waals surface area contributed by atoms with Gasteiger partial charge in [-0.3, -0.25) is 0 Å². The van der Waals surface area contributed by atoms with Crippen LogP contribution in [0.25, 0.3) is 11.3 Å². The van der Waals surface area contributed by atoms with Gasteiger partial charge in [-0.25, -0.2) is 4.98 Å². The molecule has 0 aliphatic carbocycles. The number of aromatic nitrogens is 1. The molecule has 0 fully saturated rings. The molecule has 26 heavy (non-hydrogen) atoms.